The molecule has 2 fully saturated rings. The van der Waals surface area contributed by atoms with Gasteiger partial charge in [0, 0.05) is 17.1 Å². The van der Waals surface area contributed by atoms with E-state index in [2.05, 4.69) is 0 Å². The summed E-state index contributed by atoms with van der Waals surface area (Å²) in [6.07, 6.45) is 1.85. The van der Waals surface area contributed by atoms with Crippen LogP contribution in [0.2, 0.25) is 0 Å². The first-order valence-electron chi connectivity index (χ1n) is 9.10. The van der Waals surface area contributed by atoms with Crippen LogP contribution in [0.15, 0.2) is 47.8 Å². The minimum Gasteiger partial charge on any atom is -0.333 e. The van der Waals surface area contributed by atoms with Crippen LogP contribution in [0.4, 0.5) is 10.5 Å². The van der Waals surface area contributed by atoms with Gasteiger partial charge < -0.3 is 4.90 Å². The number of para-hydroxylation sites is 1. The molecule has 6 nitrogen and oxygen atoms in total. The van der Waals surface area contributed by atoms with E-state index in [-0.39, 0.29) is 24.4 Å². The number of urea groups is 1. The molecule has 0 saturated carbocycles. The average molecular weight is 383 g/mol. The highest BCUT2D eigenvalue weighted by Gasteiger charge is 2.45. The predicted molar refractivity (Wildman–Crippen MR) is 103 cm³/mol. The fraction of sp³-hybridized carbons (Fsp3) is 0.350. The van der Waals surface area contributed by atoms with E-state index in [9.17, 15) is 14.4 Å². The summed E-state index contributed by atoms with van der Waals surface area (Å²) in [4.78, 5) is 43.9. The lowest BCUT2D eigenvalue weighted by Crippen LogP contribution is -2.43. The third-order valence-electron chi connectivity index (χ3n) is 5.22. The zero-order chi connectivity index (χ0) is 19.0. The number of rotatable bonds is 4. The summed E-state index contributed by atoms with van der Waals surface area (Å²) in [5, 5.41) is 2.00. The number of thiophene rings is 1. The minimum absolute atomic E-state index is 0.0490. The molecular formula is C20H21N3O3S. The van der Waals surface area contributed by atoms with Crippen LogP contribution < -0.4 is 4.90 Å². The molecule has 0 unspecified atom stereocenters. The molecule has 2 atom stereocenters. The van der Waals surface area contributed by atoms with Gasteiger partial charge in [0.05, 0.1) is 6.04 Å². The Morgan fingerprint density at radius 3 is 2.63 bits per heavy atom. The Labute approximate surface area is 162 Å². The first kappa shape index (κ1) is 17.7. The second-order valence-electron chi connectivity index (χ2n) is 6.85. The Morgan fingerprint density at radius 2 is 1.93 bits per heavy atom. The van der Waals surface area contributed by atoms with Gasteiger partial charge in [-0.2, -0.15) is 0 Å². The maximum atomic E-state index is 12.9. The lowest BCUT2D eigenvalue weighted by Gasteiger charge is -2.26. The van der Waals surface area contributed by atoms with Crippen molar-refractivity contribution in [2.45, 2.75) is 31.8 Å². The molecular weight excluding hydrogens is 362 g/mol. The van der Waals surface area contributed by atoms with E-state index in [1.807, 2.05) is 40.6 Å². The van der Waals surface area contributed by atoms with Gasteiger partial charge in [0.15, 0.2) is 0 Å². The first-order chi connectivity index (χ1) is 13.1. The van der Waals surface area contributed by atoms with Crippen molar-refractivity contribution in [1.82, 2.24) is 9.80 Å². The number of nitrogens with zero attached hydrogens (tertiary/aromatic N) is 3. The van der Waals surface area contributed by atoms with E-state index in [0.29, 0.717) is 12.2 Å². The summed E-state index contributed by atoms with van der Waals surface area (Å²) in [6.45, 7) is 2.16. The van der Waals surface area contributed by atoms with Crippen LogP contribution >= 0.6 is 11.3 Å². The van der Waals surface area contributed by atoms with Gasteiger partial charge in [-0.15, -0.1) is 11.3 Å². The summed E-state index contributed by atoms with van der Waals surface area (Å²) >= 11 is 1.63. The highest BCUT2D eigenvalue weighted by molar-refractivity contribution is 7.10. The van der Waals surface area contributed by atoms with Crippen molar-refractivity contribution >= 4 is 34.9 Å². The molecule has 0 bridgehead atoms. The number of benzene rings is 1. The number of hydrogen-bond acceptors (Lipinski definition) is 4. The van der Waals surface area contributed by atoms with Gasteiger partial charge in [0.1, 0.15) is 12.6 Å². The summed E-state index contributed by atoms with van der Waals surface area (Å²) < 4.78 is 0. The van der Waals surface area contributed by atoms with Gasteiger partial charge in [0.2, 0.25) is 5.91 Å². The van der Waals surface area contributed by atoms with Crippen LogP contribution in [0.25, 0.3) is 0 Å². The number of amides is 4. The number of hydrogen-bond donors (Lipinski definition) is 0. The first-order valence-corrected chi connectivity index (χ1v) is 9.98. The van der Waals surface area contributed by atoms with Crippen LogP contribution in [-0.2, 0) is 9.59 Å². The van der Waals surface area contributed by atoms with Crippen molar-refractivity contribution in [2.75, 3.05) is 18.0 Å². The summed E-state index contributed by atoms with van der Waals surface area (Å²) in [6, 6.07) is 12.1. The number of imide groups is 1. The quantitative estimate of drug-likeness (QED) is 0.762. The van der Waals surface area contributed by atoms with E-state index in [1.54, 1.807) is 30.4 Å². The molecule has 7 heteroatoms. The maximum Gasteiger partial charge on any atom is 0.332 e. The highest BCUT2D eigenvalue weighted by atomic mass is 32.1. The summed E-state index contributed by atoms with van der Waals surface area (Å²) in [7, 11) is 0. The van der Waals surface area contributed by atoms with Gasteiger partial charge in [-0.25, -0.2) is 4.79 Å². The van der Waals surface area contributed by atoms with E-state index in [1.165, 1.54) is 4.90 Å². The van der Waals surface area contributed by atoms with E-state index < -0.39 is 12.1 Å². The van der Waals surface area contributed by atoms with Crippen LogP contribution in [0.5, 0.6) is 0 Å². The molecule has 4 amide bonds. The highest BCUT2D eigenvalue weighted by Crippen LogP contribution is 2.35. The van der Waals surface area contributed by atoms with Crippen molar-refractivity contribution in [3.63, 3.8) is 0 Å². The molecule has 2 saturated heterocycles. The monoisotopic (exact) mass is 383 g/mol. The van der Waals surface area contributed by atoms with Crippen molar-refractivity contribution in [1.29, 1.82) is 0 Å². The molecule has 3 heterocycles. The number of carbonyl (C=O) groups excluding carboxylic acids is 3. The van der Waals surface area contributed by atoms with Gasteiger partial charge >= 0.3 is 6.03 Å². The van der Waals surface area contributed by atoms with Crippen LogP contribution in [0.3, 0.4) is 0 Å². The van der Waals surface area contributed by atoms with E-state index in [0.717, 1.165) is 22.6 Å². The Kier molecular flexibility index (Phi) is 4.70. The molecule has 0 aliphatic carbocycles. The van der Waals surface area contributed by atoms with Gasteiger partial charge in [0.25, 0.3) is 5.91 Å². The summed E-state index contributed by atoms with van der Waals surface area (Å²) in [5.41, 5.74) is 0.663. The van der Waals surface area contributed by atoms with Crippen molar-refractivity contribution in [3.8, 4) is 0 Å². The third-order valence-corrected chi connectivity index (χ3v) is 6.19. The molecule has 2 aliphatic heterocycles. The number of carbonyl (C=O) groups is 3. The van der Waals surface area contributed by atoms with Crippen LogP contribution in [0.1, 0.15) is 30.7 Å². The van der Waals surface area contributed by atoms with Gasteiger partial charge in [-0.1, -0.05) is 24.3 Å². The Bertz CT molecular complexity index is 853. The number of likely N-dealkylation sites (tertiary alicyclic amines) is 1. The molecule has 0 spiro atoms. The molecule has 1 aromatic heterocycles. The lowest BCUT2D eigenvalue weighted by molar-refractivity contribution is -0.137. The smallest absolute Gasteiger partial charge is 0.332 e. The van der Waals surface area contributed by atoms with Crippen molar-refractivity contribution in [3.05, 3.63) is 52.7 Å². The fourth-order valence-corrected chi connectivity index (χ4v) is 4.74. The standard InChI is InChI=1S/C20H21N3O3S/c1-14-19(25)22(20(26)23(14)15-7-3-2-4-8-15)13-18(24)21-11-5-9-16(21)17-10-6-12-27-17/h2-4,6-8,10,12,14,16H,5,9,11,13H2,1H3/t14-,16+/m0/s1. The Balaban J connectivity index is 1.51. The lowest BCUT2D eigenvalue weighted by atomic mass is 10.2. The fourth-order valence-electron chi connectivity index (χ4n) is 3.86. The van der Waals surface area contributed by atoms with Crippen LogP contribution in [0, 0.1) is 0 Å². The SMILES string of the molecule is C[C@H]1C(=O)N(CC(=O)N2CCC[C@@H]2c2cccs2)C(=O)N1c1ccccc1. The molecule has 2 aromatic rings. The molecule has 0 radical (unpaired) electrons. The second kappa shape index (κ2) is 7.15. The minimum atomic E-state index is -0.612. The Morgan fingerprint density at radius 1 is 1.15 bits per heavy atom. The Hall–Kier alpha value is -2.67. The van der Waals surface area contributed by atoms with E-state index in [4.69, 9.17) is 0 Å². The van der Waals surface area contributed by atoms with Crippen LogP contribution in [-0.4, -0.2) is 46.8 Å². The maximum absolute atomic E-state index is 12.9. The van der Waals surface area contributed by atoms with Crippen molar-refractivity contribution < 1.29 is 14.4 Å². The molecule has 1 aromatic carbocycles. The zero-order valence-corrected chi connectivity index (χ0v) is 15.9. The van der Waals surface area contributed by atoms with Gasteiger partial charge in [-0.05, 0) is 43.3 Å². The number of anilines is 1. The molecule has 140 valence electrons. The normalized spacial score (nSPS) is 22.8. The molecule has 2 aliphatic rings. The predicted octanol–water partition coefficient (Wildman–Crippen LogP) is 3.27. The molecule has 27 heavy (non-hydrogen) atoms. The molecule has 4 rings (SSSR count). The largest absolute Gasteiger partial charge is 0.333 e. The van der Waals surface area contributed by atoms with Crippen molar-refractivity contribution in [2.24, 2.45) is 0 Å². The van der Waals surface area contributed by atoms with E-state index >= 15 is 0 Å². The van der Waals surface area contributed by atoms with Gasteiger partial charge in [-0.3, -0.25) is 19.4 Å². The second-order valence-corrected chi connectivity index (χ2v) is 7.83. The third kappa shape index (κ3) is 3.12. The average Bonchev–Trinajstić information content (AvgIpc) is 3.40. The topological polar surface area (TPSA) is 60.9 Å². The molecule has 0 N–H and O–H groups in total. The summed E-state index contributed by atoms with van der Waals surface area (Å²) in [5.74, 6) is -0.501. The zero-order valence-electron chi connectivity index (χ0n) is 15.1.